The van der Waals surface area contributed by atoms with Gasteiger partial charge in [0.25, 0.3) is 0 Å². The lowest BCUT2D eigenvalue weighted by atomic mass is 10.2. The van der Waals surface area contributed by atoms with Crippen LogP contribution in [0.15, 0.2) is 0 Å². The van der Waals surface area contributed by atoms with Gasteiger partial charge in [-0.05, 0) is 20.5 Å². The van der Waals surface area contributed by atoms with Crippen LogP contribution in [0, 0.1) is 0 Å². The van der Waals surface area contributed by atoms with Crippen molar-refractivity contribution in [3.8, 4) is 0 Å². The van der Waals surface area contributed by atoms with Crippen molar-refractivity contribution in [2.45, 2.75) is 25.9 Å². The molecule has 106 valence electrons. The first-order valence-electron chi connectivity index (χ1n) is 6.88. The summed E-state index contributed by atoms with van der Waals surface area (Å²) in [4.78, 5) is 16.3. The highest BCUT2D eigenvalue weighted by Crippen LogP contribution is 2.06. The summed E-state index contributed by atoms with van der Waals surface area (Å²) in [5.74, 6) is 0.215. The van der Waals surface area contributed by atoms with E-state index >= 15 is 0 Å². The third-order valence-electron chi connectivity index (χ3n) is 3.07. The SMILES string of the molecule is CCCN(CCN(C)C)C(=O)CC1CNCCO1. The minimum absolute atomic E-state index is 0.0463. The first-order chi connectivity index (χ1) is 8.63. The fourth-order valence-corrected chi connectivity index (χ4v) is 2.03. The van der Waals surface area contributed by atoms with Crippen molar-refractivity contribution in [2.24, 2.45) is 0 Å². The first kappa shape index (κ1) is 15.4. The Morgan fingerprint density at radius 1 is 1.33 bits per heavy atom. The Morgan fingerprint density at radius 3 is 2.67 bits per heavy atom. The van der Waals surface area contributed by atoms with Crippen molar-refractivity contribution in [3.05, 3.63) is 0 Å². The van der Waals surface area contributed by atoms with E-state index in [1.807, 2.05) is 19.0 Å². The van der Waals surface area contributed by atoms with Gasteiger partial charge in [-0.3, -0.25) is 4.79 Å². The van der Waals surface area contributed by atoms with Gasteiger partial charge in [0.05, 0.1) is 19.1 Å². The molecule has 1 N–H and O–H groups in total. The third kappa shape index (κ3) is 5.80. The molecule has 1 aliphatic rings. The molecule has 0 bridgehead atoms. The van der Waals surface area contributed by atoms with Gasteiger partial charge in [0.15, 0.2) is 0 Å². The van der Waals surface area contributed by atoms with E-state index in [1.54, 1.807) is 0 Å². The summed E-state index contributed by atoms with van der Waals surface area (Å²) < 4.78 is 5.58. The molecule has 0 aliphatic carbocycles. The van der Waals surface area contributed by atoms with E-state index in [0.717, 1.165) is 39.1 Å². The molecule has 5 heteroatoms. The molecule has 1 fully saturated rings. The highest BCUT2D eigenvalue weighted by Gasteiger charge is 2.21. The molecule has 1 rings (SSSR count). The van der Waals surface area contributed by atoms with Gasteiger partial charge in [-0.2, -0.15) is 0 Å². The second-order valence-corrected chi connectivity index (χ2v) is 5.09. The Balaban J connectivity index is 2.37. The molecule has 0 saturated carbocycles. The highest BCUT2D eigenvalue weighted by atomic mass is 16.5. The molecule has 1 saturated heterocycles. The minimum Gasteiger partial charge on any atom is -0.375 e. The zero-order chi connectivity index (χ0) is 13.4. The quantitative estimate of drug-likeness (QED) is 0.706. The first-order valence-corrected chi connectivity index (χ1v) is 6.88. The summed E-state index contributed by atoms with van der Waals surface area (Å²) >= 11 is 0. The molecule has 0 aromatic heterocycles. The van der Waals surface area contributed by atoms with Crippen LogP contribution < -0.4 is 5.32 Å². The van der Waals surface area contributed by atoms with Crippen molar-refractivity contribution < 1.29 is 9.53 Å². The molecule has 1 amide bonds. The number of carbonyl (C=O) groups excluding carboxylic acids is 1. The van der Waals surface area contributed by atoms with Crippen LogP contribution in [0.1, 0.15) is 19.8 Å². The van der Waals surface area contributed by atoms with Gasteiger partial charge >= 0.3 is 0 Å². The maximum absolute atomic E-state index is 12.2. The van der Waals surface area contributed by atoms with Crippen LogP contribution in [0.2, 0.25) is 0 Å². The Bertz CT molecular complexity index is 240. The molecular weight excluding hydrogens is 230 g/mol. The number of nitrogens with one attached hydrogen (secondary N) is 1. The van der Waals surface area contributed by atoms with Crippen molar-refractivity contribution in [1.82, 2.24) is 15.1 Å². The Hall–Kier alpha value is -0.650. The van der Waals surface area contributed by atoms with E-state index in [2.05, 4.69) is 17.1 Å². The van der Waals surface area contributed by atoms with Crippen molar-refractivity contribution in [2.75, 3.05) is 53.4 Å². The average Bonchev–Trinajstić information content (AvgIpc) is 2.35. The van der Waals surface area contributed by atoms with Gasteiger partial charge in [0.2, 0.25) is 5.91 Å². The molecule has 0 spiro atoms. The van der Waals surface area contributed by atoms with Gasteiger partial charge in [0.1, 0.15) is 0 Å². The Labute approximate surface area is 110 Å². The highest BCUT2D eigenvalue weighted by molar-refractivity contribution is 5.76. The molecular formula is C13H27N3O2. The topological polar surface area (TPSA) is 44.8 Å². The summed E-state index contributed by atoms with van der Waals surface area (Å²) in [6, 6.07) is 0. The number of rotatable bonds is 7. The van der Waals surface area contributed by atoms with Crippen molar-refractivity contribution in [3.63, 3.8) is 0 Å². The van der Waals surface area contributed by atoms with E-state index in [-0.39, 0.29) is 12.0 Å². The molecule has 1 aliphatic heterocycles. The van der Waals surface area contributed by atoms with Gasteiger partial charge < -0.3 is 19.9 Å². The predicted molar refractivity (Wildman–Crippen MR) is 72.7 cm³/mol. The van der Waals surface area contributed by atoms with Gasteiger partial charge in [-0.15, -0.1) is 0 Å². The van der Waals surface area contributed by atoms with E-state index in [1.165, 1.54) is 0 Å². The van der Waals surface area contributed by atoms with Crippen LogP contribution in [0.5, 0.6) is 0 Å². The fraction of sp³-hybridized carbons (Fsp3) is 0.923. The lowest BCUT2D eigenvalue weighted by Gasteiger charge is -2.28. The van der Waals surface area contributed by atoms with E-state index in [9.17, 15) is 4.79 Å². The number of hydrogen-bond donors (Lipinski definition) is 1. The molecule has 1 heterocycles. The molecule has 0 aromatic rings. The van der Waals surface area contributed by atoms with E-state index in [0.29, 0.717) is 13.0 Å². The van der Waals surface area contributed by atoms with Gasteiger partial charge in [-0.25, -0.2) is 0 Å². The number of ether oxygens (including phenoxy) is 1. The summed E-state index contributed by atoms with van der Waals surface area (Å²) in [5, 5.41) is 3.26. The van der Waals surface area contributed by atoms with Crippen molar-refractivity contribution in [1.29, 1.82) is 0 Å². The maximum atomic E-state index is 12.2. The van der Waals surface area contributed by atoms with E-state index < -0.39 is 0 Å². The molecule has 1 unspecified atom stereocenters. The molecule has 0 radical (unpaired) electrons. The molecule has 5 nitrogen and oxygen atoms in total. The lowest BCUT2D eigenvalue weighted by molar-refractivity contribution is -0.134. The average molecular weight is 257 g/mol. The fourth-order valence-electron chi connectivity index (χ4n) is 2.03. The number of carbonyl (C=O) groups is 1. The van der Waals surface area contributed by atoms with Crippen molar-refractivity contribution >= 4 is 5.91 Å². The van der Waals surface area contributed by atoms with E-state index in [4.69, 9.17) is 4.74 Å². The summed E-state index contributed by atoms with van der Waals surface area (Å²) in [6.07, 6.45) is 1.55. The summed E-state index contributed by atoms with van der Waals surface area (Å²) in [5.41, 5.74) is 0. The summed E-state index contributed by atoms with van der Waals surface area (Å²) in [7, 11) is 4.06. The standard InChI is InChI=1S/C13H27N3O2/c1-4-6-16(8-7-15(2)3)13(17)10-12-11-14-5-9-18-12/h12,14H,4-11H2,1-3H3. The van der Waals surface area contributed by atoms with Crippen LogP contribution in [-0.2, 0) is 9.53 Å². The number of morpholine rings is 1. The molecule has 0 aromatic carbocycles. The van der Waals surface area contributed by atoms with Gasteiger partial charge in [-0.1, -0.05) is 6.92 Å². The number of likely N-dealkylation sites (N-methyl/N-ethyl adjacent to an activating group) is 1. The molecule has 18 heavy (non-hydrogen) atoms. The lowest BCUT2D eigenvalue weighted by Crippen LogP contribution is -2.44. The van der Waals surface area contributed by atoms with Crippen LogP contribution >= 0.6 is 0 Å². The second kappa shape index (κ2) is 8.45. The van der Waals surface area contributed by atoms with Crippen LogP contribution in [-0.4, -0.2) is 75.2 Å². The minimum atomic E-state index is 0.0463. The normalized spacial score (nSPS) is 20.1. The Kier molecular flexibility index (Phi) is 7.23. The maximum Gasteiger partial charge on any atom is 0.225 e. The zero-order valence-electron chi connectivity index (χ0n) is 11.9. The largest absolute Gasteiger partial charge is 0.375 e. The van der Waals surface area contributed by atoms with Crippen LogP contribution in [0.4, 0.5) is 0 Å². The molecule has 1 atom stereocenters. The smallest absolute Gasteiger partial charge is 0.225 e. The summed E-state index contributed by atoms with van der Waals surface area (Å²) in [6.45, 7) is 7.06. The van der Waals surface area contributed by atoms with Crippen LogP contribution in [0.25, 0.3) is 0 Å². The number of nitrogens with zero attached hydrogens (tertiary/aromatic N) is 2. The Morgan fingerprint density at radius 2 is 2.11 bits per heavy atom. The number of hydrogen-bond acceptors (Lipinski definition) is 4. The monoisotopic (exact) mass is 257 g/mol. The second-order valence-electron chi connectivity index (χ2n) is 5.09. The third-order valence-corrected chi connectivity index (χ3v) is 3.07. The van der Waals surface area contributed by atoms with Gasteiger partial charge in [0, 0.05) is 32.7 Å². The number of amides is 1. The van der Waals surface area contributed by atoms with Crippen LogP contribution in [0.3, 0.4) is 0 Å². The zero-order valence-corrected chi connectivity index (χ0v) is 11.9. The predicted octanol–water partition coefficient (Wildman–Crippen LogP) is 0.165.